The lowest BCUT2D eigenvalue weighted by Crippen LogP contribution is -2.49. The highest BCUT2D eigenvalue weighted by molar-refractivity contribution is 5.79. The standard InChI is InChI=1S/C17H21N5O2/c1-12-14(17(24)20-13(2)19-12)11-16(23)22-9-7-21(8-10-22)15-5-3-4-6-18-15/h3-6H,7-11H2,1-2H3,(H,19,20,24). The molecule has 0 unspecified atom stereocenters. The van der Waals surface area contributed by atoms with Crippen LogP contribution in [0.25, 0.3) is 0 Å². The zero-order chi connectivity index (χ0) is 17.1. The maximum Gasteiger partial charge on any atom is 0.254 e. The third-order valence-electron chi connectivity index (χ3n) is 4.27. The van der Waals surface area contributed by atoms with Crippen molar-refractivity contribution in [2.75, 3.05) is 31.1 Å². The van der Waals surface area contributed by atoms with Gasteiger partial charge in [-0.05, 0) is 26.0 Å². The first-order valence-corrected chi connectivity index (χ1v) is 8.05. The van der Waals surface area contributed by atoms with E-state index in [4.69, 9.17) is 0 Å². The Bertz CT molecular complexity index is 779. The van der Waals surface area contributed by atoms with Gasteiger partial charge in [-0.3, -0.25) is 9.59 Å². The molecule has 1 aliphatic rings. The van der Waals surface area contributed by atoms with E-state index in [2.05, 4.69) is 19.9 Å². The van der Waals surface area contributed by atoms with Crippen LogP contribution in [-0.2, 0) is 11.2 Å². The van der Waals surface area contributed by atoms with Crippen LogP contribution in [0.2, 0.25) is 0 Å². The molecule has 7 nitrogen and oxygen atoms in total. The molecule has 0 radical (unpaired) electrons. The summed E-state index contributed by atoms with van der Waals surface area (Å²) in [7, 11) is 0. The van der Waals surface area contributed by atoms with E-state index in [0.29, 0.717) is 30.2 Å². The van der Waals surface area contributed by atoms with Gasteiger partial charge in [-0.15, -0.1) is 0 Å². The molecule has 3 heterocycles. The van der Waals surface area contributed by atoms with Gasteiger partial charge >= 0.3 is 0 Å². The lowest BCUT2D eigenvalue weighted by atomic mass is 10.1. The molecule has 2 aromatic heterocycles. The van der Waals surface area contributed by atoms with Gasteiger partial charge in [0.2, 0.25) is 5.91 Å². The summed E-state index contributed by atoms with van der Waals surface area (Å²) < 4.78 is 0. The SMILES string of the molecule is Cc1nc(C)c(CC(=O)N2CCN(c3ccccn3)CC2)c(=O)[nH]1. The number of nitrogens with one attached hydrogen (secondary N) is 1. The molecule has 126 valence electrons. The molecular weight excluding hydrogens is 306 g/mol. The lowest BCUT2D eigenvalue weighted by Gasteiger charge is -2.35. The number of carbonyl (C=O) groups excluding carboxylic acids is 1. The van der Waals surface area contributed by atoms with Gasteiger partial charge in [0, 0.05) is 43.6 Å². The van der Waals surface area contributed by atoms with Gasteiger partial charge in [-0.2, -0.15) is 0 Å². The molecule has 1 amide bonds. The van der Waals surface area contributed by atoms with Crippen LogP contribution in [-0.4, -0.2) is 51.9 Å². The van der Waals surface area contributed by atoms with Crippen molar-refractivity contribution in [2.45, 2.75) is 20.3 Å². The number of rotatable bonds is 3. The third-order valence-corrected chi connectivity index (χ3v) is 4.27. The number of pyridine rings is 1. The maximum atomic E-state index is 12.5. The first-order valence-electron chi connectivity index (χ1n) is 8.05. The van der Waals surface area contributed by atoms with E-state index in [0.717, 1.165) is 18.9 Å². The summed E-state index contributed by atoms with van der Waals surface area (Å²) in [6, 6.07) is 5.82. The Hall–Kier alpha value is -2.70. The van der Waals surface area contributed by atoms with Crippen molar-refractivity contribution in [2.24, 2.45) is 0 Å². The number of aryl methyl sites for hydroxylation is 2. The van der Waals surface area contributed by atoms with E-state index >= 15 is 0 Å². The average Bonchev–Trinajstić information content (AvgIpc) is 2.59. The highest BCUT2D eigenvalue weighted by Crippen LogP contribution is 2.13. The topological polar surface area (TPSA) is 82.2 Å². The van der Waals surface area contributed by atoms with E-state index in [9.17, 15) is 9.59 Å². The molecule has 1 saturated heterocycles. The third kappa shape index (κ3) is 3.45. The average molecular weight is 327 g/mol. The van der Waals surface area contributed by atoms with Crippen molar-refractivity contribution in [3.05, 3.63) is 51.8 Å². The molecule has 0 saturated carbocycles. The Kier molecular flexibility index (Phi) is 4.59. The first-order chi connectivity index (χ1) is 11.5. The molecule has 0 bridgehead atoms. The van der Waals surface area contributed by atoms with Crippen molar-refractivity contribution >= 4 is 11.7 Å². The number of amides is 1. The summed E-state index contributed by atoms with van der Waals surface area (Å²) in [5.74, 6) is 1.47. The minimum Gasteiger partial charge on any atom is -0.353 e. The zero-order valence-corrected chi connectivity index (χ0v) is 14.0. The fourth-order valence-electron chi connectivity index (χ4n) is 2.95. The number of piperazine rings is 1. The van der Waals surface area contributed by atoms with Crippen molar-refractivity contribution in [3.63, 3.8) is 0 Å². The van der Waals surface area contributed by atoms with Crippen LogP contribution in [0.1, 0.15) is 17.1 Å². The van der Waals surface area contributed by atoms with Crippen LogP contribution >= 0.6 is 0 Å². The summed E-state index contributed by atoms with van der Waals surface area (Å²) >= 11 is 0. The number of carbonyl (C=O) groups is 1. The highest BCUT2D eigenvalue weighted by Gasteiger charge is 2.23. The minimum atomic E-state index is -0.222. The molecule has 3 rings (SSSR count). The molecule has 1 N–H and O–H groups in total. The number of nitrogens with zero attached hydrogens (tertiary/aromatic N) is 4. The van der Waals surface area contributed by atoms with E-state index in [1.165, 1.54) is 0 Å². The fraction of sp³-hybridized carbons (Fsp3) is 0.412. The van der Waals surface area contributed by atoms with Gasteiger partial charge in [-0.1, -0.05) is 6.07 Å². The predicted octanol–water partition coefficient (Wildman–Crippen LogP) is 0.673. The minimum absolute atomic E-state index is 0.0325. The van der Waals surface area contributed by atoms with Gasteiger partial charge in [0.15, 0.2) is 0 Å². The number of anilines is 1. The quantitative estimate of drug-likeness (QED) is 0.896. The van der Waals surface area contributed by atoms with Crippen molar-refractivity contribution < 1.29 is 4.79 Å². The molecule has 1 aliphatic heterocycles. The molecule has 0 spiro atoms. The van der Waals surface area contributed by atoms with E-state index in [1.54, 1.807) is 24.9 Å². The van der Waals surface area contributed by atoms with Gasteiger partial charge in [0.05, 0.1) is 6.42 Å². The van der Waals surface area contributed by atoms with E-state index in [1.807, 2.05) is 18.2 Å². The molecule has 0 aromatic carbocycles. The lowest BCUT2D eigenvalue weighted by molar-refractivity contribution is -0.130. The Morgan fingerprint density at radius 1 is 1.21 bits per heavy atom. The van der Waals surface area contributed by atoms with Crippen molar-refractivity contribution in [1.82, 2.24) is 19.9 Å². The zero-order valence-electron chi connectivity index (χ0n) is 14.0. The summed E-state index contributed by atoms with van der Waals surface area (Å²) in [5, 5.41) is 0. The number of aromatic nitrogens is 3. The monoisotopic (exact) mass is 327 g/mol. The smallest absolute Gasteiger partial charge is 0.254 e. The maximum absolute atomic E-state index is 12.5. The van der Waals surface area contributed by atoms with Crippen LogP contribution in [0.4, 0.5) is 5.82 Å². The number of hydrogen-bond donors (Lipinski definition) is 1. The number of H-pyrrole nitrogens is 1. The van der Waals surface area contributed by atoms with Gasteiger partial charge in [-0.25, -0.2) is 9.97 Å². The second-order valence-corrected chi connectivity index (χ2v) is 5.95. The Morgan fingerprint density at radius 3 is 2.58 bits per heavy atom. The normalized spacial score (nSPS) is 14.8. The summed E-state index contributed by atoms with van der Waals surface area (Å²) in [6.07, 6.45) is 1.87. The predicted molar refractivity (Wildman–Crippen MR) is 91.1 cm³/mol. The summed E-state index contributed by atoms with van der Waals surface area (Å²) in [6.45, 7) is 6.24. The molecule has 7 heteroatoms. The van der Waals surface area contributed by atoms with Crippen LogP contribution in [0, 0.1) is 13.8 Å². The second-order valence-electron chi connectivity index (χ2n) is 5.95. The number of aromatic amines is 1. The summed E-state index contributed by atoms with van der Waals surface area (Å²) in [4.78, 5) is 39.8. The fourth-order valence-corrected chi connectivity index (χ4v) is 2.95. The molecule has 0 aliphatic carbocycles. The van der Waals surface area contributed by atoms with Crippen LogP contribution in [0.5, 0.6) is 0 Å². The second kappa shape index (κ2) is 6.82. The van der Waals surface area contributed by atoms with Crippen LogP contribution < -0.4 is 10.5 Å². The van der Waals surface area contributed by atoms with Crippen molar-refractivity contribution in [1.29, 1.82) is 0 Å². The molecular formula is C17H21N5O2. The Labute approximate surface area is 140 Å². The van der Waals surface area contributed by atoms with Crippen molar-refractivity contribution in [3.8, 4) is 0 Å². The van der Waals surface area contributed by atoms with Crippen LogP contribution in [0.15, 0.2) is 29.2 Å². The van der Waals surface area contributed by atoms with Crippen LogP contribution in [0.3, 0.4) is 0 Å². The Balaban J connectivity index is 1.63. The van der Waals surface area contributed by atoms with E-state index in [-0.39, 0.29) is 17.9 Å². The van der Waals surface area contributed by atoms with Gasteiger partial charge in [0.1, 0.15) is 11.6 Å². The highest BCUT2D eigenvalue weighted by atomic mass is 16.2. The van der Waals surface area contributed by atoms with E-state index < -0.39 is 0 Å². The molecule has 0 atom stereocenters. The first kappa shape index (κ1) is 16.2. The molecule has 2 aromatic rings. The van der Waals surface area contributed by atoms with Gasteiger partial charge in [0.25, 0.3) is 5.56 Å². The number of hydrogen-bond acceptors (Lipinski definition) is 5. The van der Waals surface area contributed by atoms with Gasteiger partial charge < -0.3 is 14.8 Å². The molecule has 24 heavy (non-hydrogen) atoms. The largest absolute Gasteiger partial charge is 0.353 e. The summed E-state index contributed by atoms with van der Waals surface area (Å²) in [5.41, 5.74) is 0.856. The Morgan fingerprint density at radius 2 is 1.96 bits per heavy atom. The molecule has 1 fully saturated rings.